The monoisotopic (exact) mass is 210 g/mol. The second kappa shape index (κ2) is 3.46. The average molecular weight is 210 g/mol. The lowest BCUT2D eigenvalue weighted by Gasteiger charge is -2.43. The molecule has 15 heavy (non-hydrogen) atoms. The van der Waals surface area contributed by atoms with Crippen LogP contribution >= 0.6 is 0 Å². The molecule has 0 aromatic carbocycles. The molecule has 2 heteroatoms. The van der Waals surface area contributed by atoms with Crippen molar-refractivity contribution in [2.75, 3.05) is 13.1 Å². The quantitative estimate of drug-likeness (QED) is 0.774. The van der Waals surface area contributed by atoms with E-state index in [0.717, 1.165) is 18.5 Å². The highest BCUT2D eigenvalue weighted by molar-refractivity contribution is 4.98. The second-order valence-corrected chi connectivity index (χ2v) is 6.87. The molecular formula is C13H26N2. The molecular weight excluding hydrogens is 184 g/mol. The maximum atomic E-state index is 6.26. The second-order valence-electron chi connectivity index (χ2n) is 6.87. The van der Waals surface area contributed by atoms with Crippen molar-refractivity contribution >= 4 is 0 Å². The van der Waals surface area contributed by atoms with Gasteiger partial charge in [-0.1, -0.05) is 13.8 Å². The first-order valence-corrected chi connectivity index (χ1v) is 6.32. The maximum absolute atomic E-state index is 6.26. The number of hydrogen-bond acceptors (Lipinski definition) is 2. The van der Waals surface area contributed by atoms with E-state index in [0.29, 0.717) is 0 Å². The number of hydrogen-bond donors (Lipinski definition) is 1. The van der Waals surface area contributed by atoms with Crippen LogP contribution in [0.2, 0.25) is 0 Å². The number of rotatable bonds is 3. The van der Waals surface area contributed by atoms with Crippen molar-refractivity contribution in [3.63, 3.8) is 0 Å². The summed E-state index contributed by atoms with van der Waals surface area (Å²) in [5.41, 5.74) is 6.38. The van der Waals surface area contributed by atoms with Gasteiger partial charge in [-0.05, 0) is 44.4 Å². The highest BCUT2D eigenvalue weighted by atomic mass is 15.2. The molecule has 0 aromatic heterocycles. The fraction of sp³-hybridized carbons (Fsp3) is 1.00. The summed E-state index contributed by atoms with van der Waals surface area (Å²) in [6.45, 7) is 11.4. The summed E-state index contributed by atoms with van der Waals surface area (Å²) in [6, 6.07) is 0.872. The van der Waals surface area contributed by atoms with Gasteiger partial charge in [-0.3, -0.25) is 4.90 Å². The molecule has 0 radical (unpaired) electrons. The van der Waals surface area contributed by atoms with Gasteiger partial charge in [0.15, 0.2) is 0 Å². The molecule has 1 saturated carbocycles. The molecule has 1 aliphatic heterocycles. The molecule has 2 aliphatic rings. The first kappa shape index (κ1) is 11.4. The van der Waals surface area contributed by atoms with Crippen LogP contribution in [0, 0.1) is 11.3 Å². The Morgan fingerprint density at radius 1 is 1.20 bits per heavy atom. The zero-order valence-corrected chi connectivity index (χ0v) is 10.7. The minimum atomic E-state index is -0.0885. The Morgan fingerprint density at radius 2 is 1.87 bits per heavy atom. The van der Waals surface area contributed by atoms with E-state index in [9.17, 15) is 0 Å². The Bertz CT molecular complexity index is 239. The molecule has 0 amide bonds. The summed E-state index contributed by atoms with van der Waals surface area (Å²) >= 11 is 0. The smallest absolute Gasteiger partial charge is 0.0161 e. The molecule has 2 fully saturated rings. The Hall–Kier alpha value is -0.0800. The van der Waals surface area contributed by atoms with Gasteiger partial charge in [-0.25, -0.2) is 0 Å². The first-order valence-electron chi connectivity index (χ1n) is 6.32. The Balaban J connectivity index is 1.97. The van der Waals surface area contributed by atoms with E-state index < -0.39 is 0 Å². The molecule has 2 atom stereocenters. The van der Waals surface area contributed by atoms with E-state index in [1.54, 1.807) is 0 Å². The summed E-state index contributed by atoms with van der Waals surface area (Å²) in [5, 5.41) is 0. The highest BCUT2D eigenvalue weighted by Crippen LogP contribution is 2.40. The third-order valence-electron chi connectivity index (χ3n) is 4.87. The summed E-state index contributed by atoms with van der Waals surface area (Å²) in [7, 11) is 0. The van der Waals surface area contributed by atoms with Gasteiger partial charge in [0.05, 0.1) is 0 Å². The van der Waals surface area contributed by atoms with Crippen molar-refractivity contribution < 1.29 is 0 Å². The minimum Gasteiger partial charge on any atom is -0.325 e. The molecule has 0 aromatic rings. The van der Waals surface area contributed by atoms with Gasteiger partial charge >= 0.3 is 0 Å². The van der Waals surface area contributed by atoms with E-state index >= 15 is 0 Å². The number of nitrogens with two attached hydrogens (primary N) is 1. The van der Waals surface area contributed by atoms with Gasteiger partial charge in [-0.15, -0.1) is 0 Å². The molecule has 2 nitrogen and oxygen atoms in total. The summed E-state index contributed by atoms with van der Waals surface area (Å²) < 4.78 is 0. The molecule has 2 bridgehead atoms. The summed E-state index contributed by atoms with van der Waals surface area (Å²) in [5.74, 6) is 0.992. The van der Waals surface area contributed by atoms with Crippen molar-refractivity contribution in [1.82, 2.24) is 4.90 Å². The molecule has 1 saturated heterocycles. The van der Waals surface area contributed by atoms with Crippen LogP contribution in [0.5, 0.6) is 0 Å². The van der Waals surface area contributed by atoms with Crippen molar-refractivity contribution in [2.24, 2.45) is 17.1 Å². The number of piperidine rings is 1. The van der Waals surface area contributed by atoms with Gasteiger partial charge in [0.2, 0.25) is 0 Å². The van der Waals surface area contributed by atoms with E-state index in [2.05, 4.69) is 32.6 Å². The van der Waals surface area contributed by atoms with Crippen molar-refractivity contribution in [3.05, 3.63) is 0 Å². The Labute approximate surface area is 94.2 Å². The fourth-order valence-electron chi connectivity index (χ4n) is 2.93. The summed E-state index contributed by atoms with van der Waals surface area (Å²) in [4.78, 5) is 2.68. The maximum Gasteiger partial charge on any atom is 0.0161 e. The number of fused-ring (bicyclic) bond motifs is 2. The SMILES string of the molecule is CC(C)(N)C(C)(C)CN1CC2CCC1C2. The normalized spacial score (nSPS) is 32.6. The van der Waals surface area contributed by atoms with Crippen LogP contribution in [-0.4, -0.2) is 29.6 Å². The van der Waals surface area contributed by atoms with Crippen LogP contribution in [0.15, 0.2) is 0 Å². The first-order chi connectivity index (χ1) is 6.79. The van der Waals surface area contributed by atoms with Crippen molar-refractivity contribution in [3.8, 4) is 0 Å². The van der Waals surface area contributed by atoms with Crippen LogP contribution in [0.1, 0.15) is 47.0 Å². The third-order valence-corrected chi connectivity index (χ3v) is 4.87. The van der Waals surface area contributed by atoms with Crippen molar-refractivity contribution in [1.29, 1.82) is 0 Å². The van der Waals surface area contributed by atoms with Gasteiger partial charge in [0.1, 0.15) is 0 Å². The van der Waals surface area contributed by atoms with Crippen LogP contribution in [-0.2, 0) is 0 Å². The molecule has 1 heterocycles. The number of likely N-dealkylation sites (tertiary alicyclic amines) is 1. The van der Waals surface area contributed by atoms with Crippen LogP contribution in [0.4, 0.5) is 0 Å². The minimum absolute atomic E-state index is 0.0885. The van der Waals surface area contributed by atoms with E-state index in [1.165, 1.54) is 25.8 Å². The number of nitrogens with zero attached hydrogens (tertiary/aromatic N) is 1. The molecule has 2 unspecified atom stereocenters. The highest BCUT2D eigenvalue weighted by Gasteiger charge is 2.42. The lowest BCUT2D eigenvalue weighted by atomic mass is 9.74. The average Bonchev–Trinajstić information content (AvgIpc) is 2.61. The summed E-state index contributed by atoms with van der Waals surface area (Å²) in [6.07, 6.45) is 4.33. The lowest BCUT2D eigenvalue weighted by molar-refractivity contribution is 0.0917. The van der Waals surface area contributed by atoms with Crippen molar-refractivity contribution in [2.45, 2.75) is 58.5 Å². The van der Waals surface area contributed by atoms with Crippen LogP contribution in [0.25, 0.3) is 0 Å². The van der Waals surface area contributed by atoms with Gasteiger partial charge < -0.3 is 5.73 Å². The standard InChI is InChI=1S/C13H26N2/c1-12(2,13(3,4)14)9-15-8-10-5-6-11(15)7-10/h10-11H,5-9,14H2,1-4H3. The zero-order chi connectivity index (χ0) is 11.3. The Kier molecular flexibility index (Phi) is 2.63. The topological polar surface area (TPSA) is 29.3 Å². The lowest BCUT2D eigenvalue weighted by Crippen LogP contribution is -2.54. The van der Waals surface area contributed by atoms with Crippen LogP contribution < -0.4 is 5.73 Å². The van der Waals surface area contributed by atoms with E-state index in [-0.39, 0.29) is 11.0 Å². The fourth-order valence-corrected chi connectivity index (χ4v) is 2.93. The molecule has 1 aliphatic carbocycles. The predicted molar refractivity (Wildman–Crippen MR) is 64.7 cm³/mol. The van der Waals surface area contributed by atoms with Gasteiger partial charge in [-0.2, -0.15) is 0 Å². The third kappa shape index (κ3) is 2.07. The van der Waals surface area contributed by atoms with E-state index in [1.807, 2.05) is 0 Å². The molecule has 88 valence electrons. The zero-order valence-electron chi connectivity index (χ0n) is 10.7. The molecule has 2 N–H and O–H groups in total. The largest absolute Gasteiger partial charge is 0.325 e. The Morgan fingerprint density at radius 3 is 2.27 bits per heavy atom. The van der Waals surface area contributed by atoms with Gasteiger partial charge in [0, 0.05) is 24.7 Å². The van der Waals surface area contributed by atoms with E-state index in [4.69, 9.17) is 5.73 Å². The van der Waals surface area contributed by atoms with Crippen LogP contribution in [0.3, 0.4) is 0 Å². The predicted octanol–water partition coefficient (Wildman–Crippen LogP) is 2.23. The van der Waals surface area contributed by atoms with Gasteiger partial charge in [0.25, 0.3) is 0 Å². The molecule has 2 rings (SSSR count). The molecule has 0 spiro atoms.